The molecular weight excluding hydrogens is 327 g/mol. The zero-order valence-electron chi connectivity index (χ0n) is 10.9. The van der Waals surface area contributed by atoms with E-state index in [9.17, 15) is 9.59 Å². The van der Waals surface area contributed by atoms with Crippen LogP contribution in [0.2, 0.25) is 10.3 Å². The van der Waals surface area contributed by atoms with Crippen molar-refractivity contribution < 1.29 is 14.3 Å². The van der Waals surface area contributed by atoms with Gasteiger partial charge in [-0.05, 0) is 24.6 Å². The number of alkyl halides is 1. The van der Waals surface area contributed by atoms with Gasteiger partial charge in [-0.2, -0.15) is 0 Å². The number of rotatable bonds is 5. The van der Waals surface area contributed by atoms with E-state index in [-0.39, 0.29) is 28.7 Å². The summed E-state index contributed by atoms with van der Waals surface area (Å²) in [5.41, 5.74) is 0.613. The Morgan fingerprint density at radius 3 is 2.40 bits per heavy atom. The predicted molar refractivity (Wildman–Crippen MR) is 77.0 cm³/mol. The molecule has 1 aromatic rings. The third-order valence-corrected chi connectivity index (χ3v) is 3.25. The van der Waals surface area contributed by atoms with Gasteiger partial charge < -0.3 is 9.64 Å². The molecule has 1 heterocycles. The summed E-state index contributed by atoms with van der Waals surface area (Å²) in [4.78, 5) is 28.2. The molecule has 1 rings (SSSR count). The normalized spacial score (nSPS) is 11.8. The molecule has 5 nitrogen and oxygen atoms in total. The first-order valence-electron chi connectivity index (χ1n) is 5.65. The number of nitrogens with zero attached hydrogens (tertiary/aromatic N) is 2. The minimum atomic E-state index is -0.728. The summed E-state index contributed by atoms with van der Waals surface area (Å²) < 4.78 is 5.09. The maximum absolute atomic E-state index is 11.8. The Morgan fingerprint density at radius 2 is 1.90 bits per heavy atom. The van der Waals surface area contributed by atoms with Crippen molar-refractivity contribution in [3.8, 4) is 0 Å². The van der Waals surface area contributed by atoms with Crippen molar-refractivity contribution in [2.45, 2.75) is 19.6 Å². The number of carbonyl (C=O) groups excluding carboxylic acids is 2. The average molecular weight is 340 g/mol. The Hall–Kier alpha value is -1.04. The third-order valence-electron chi connectivity index (χ3n) is 2.63. The molecule has 1 aromatic heterocycles. The Balaban J connectivity index is 2.60. The van der Waals surface area contributed by atoms with Gasteiger partial charge >= 0.3 is 5.97 Å². The number of hydrogen-bond donors (Lipinski definition) is 0. The van der Waals surface area contributed by atoms with Gasteiger partial charge in [0.2, 0.25) is 5.91 Å². The van der Waals surface area contributed by atoms with Gasteiger partial charge in [0.05, 0.1) is 0 Å². The molecule has 0 fully saturated rings. The Kier molecular flexibility index (Phi) is 6.52. The molecule has 0 aliphatic rings. The molecule has 8 heteroatoms. The number of likely N-dealkylation sites (N-methyl/N-ethyl adjacent to an activating group) is 1. The molecule has 1 atom stereocenters. The summed E-state index contributed by atoms with van der Waals surface area (Å²) in [7, 11) is 1.48. The van der Waals surface area contributed by atoms with E-state index < -0.39 is 12.0 Å². The van der Waals surface area contributed by atoms with Gasteiger partial charge in [0, 0.05) is 7.05 Å². The van der Waals surface area contributed by atoms with Crippen molar-refractivity contribution in [1.82, 2.24) is 9.88 Å². The first kappa shape index (κ1) is 17.0. The van der Waals surface area contributed by atoms with Gasteiger partial charge in [-0.3, -0.25) is 4.79 Å². The van der Waals surface area contributed by atoms with Gasteiger partial charge in [-0.25, -0.2) is 9.78 Å². The fourth-order valence-electron chi connectivity index (χ4n) is 1.34. The number of carbonyl (C=O) groups is 2. The molecule has 0 unspecified atom stereocenters. The molecule has 0 saturated carbocycles. The van der Waals surface area contributed by atoms with Crippen molar-refractivity contribution >= 4 is 46.7 Å². The summed E-state index contributed by atoms with van der Waals surface area (Å²) in [6.45, 7) is 1.55. The Morgan fingerprint density at radius 1 is 1.35 bits per heavy atom. The number of aromatic nitrogens is 1. The van der Waals surface area contributed by atoms with Gasteiger partial charge in [0.25, 0.3) is 0 Å². The van der Waals surface area contributed by atoms with E-state index in [2.05, 4.69) is 4.98 Å². The first-order valence-corrected chi connectivity index (χ1v) is 6.94. The fourth-order valence-corrected chi connectivity index (χ4v) is 2.04. The lowest BCUT2D eigenvalue weighted by atomic mass is 10.3. The van der Waals surface area contributed by atoms with Crippen molar-refractivity contribution in [2.75, 3.05) is 12.9 Å². The van der Waals surface area contributed by atoms with Gasteiger partial charge in [0.15, 0.2) is 0 Å². The summed E-state index contributed by atoms with van der Waals surface area (Å²) in [6, 6.07) is 2.35. The predicted octanol–water partition coefficient (Wildman–Crippen LogP) is 2.52. The molecule has 1 amide bonds. The molecule has 0 aromatic carbocycles. The van der Waals surface area contributed by atoms with Gasteiger partial charge in [0.1, 0.15) is 28.8 Å². The number of amides is 1. The molecule has 0 aliphatic carbocycles. The summed E-state index contributed by atoms with van der Waals surface area (Å²) >= 11 is 16.9. The third kappa shape index (κ3) is 4.81. The maximum atomic E-state index is 11.8. The van der Waals surface area contributed by atoms with E-state index in [4.69, 9.17) is 39.5 Å². The summed E-state index contributed by atoms with van der Waals surface area (Å²) in [5, 5.41) is 0.428. The number of ether oxygens (including phenoxy) is 1. The Bertz CT molecular complexity index is 490. The molecule has 0 saturated heterocycles. The SMILES string of the molecule is C[C@@H](C(=O)OCc1cc(Cl)nc(Cl)c1)N(C)C(=O)CCl. The molecule has 0 aliphatic heterocycles. The molecule has 0 N–H and O–H groups in total. The highest BCUT2D eigenvalue weighted by molar-refractivity contribution is 6.32. The number of hydrogen-bond acceptors (Lipinski definition) is 4. The fraction of sp³-hybridized carbons (Fsp3) is 0.417. The number of halogens is 3. The van der Waals surface area contributed by atoms with Gasteiger partial charge in [-0.1, -0.05) is 23.2 Å². The highest BCUT2D eigenvalue weighted by Crippen LogP contribution is 2.15. The van der Waals surface area contributed by atoms with Crippen molar-refractivity contribution in [3.05, 3.63) is 28.0 Å². The lowest BCUT2D eigenvalue weighted by molar-refractivity contribution is -0.153. The lowest BCUT2D eigenvalue weighted by Crippen LogP contribution is -2.41. The van der Waals surface area contributed by atoms with E-state index in [1.54, 1.807) is 19.1 Å². The van der Waals surface area contributed by atoms with Crippen molar-refractivity contribution in [1.29, 1.82) is 0 Å². The molecule has 110 valence electrons. The van der Waals surface area contributed by atoms with Crippen LogP contribution in [0.4, 0.5) is 0 Å². The second-order valence-corrected chi connectivity index (χ2v) is 5.08. The van der Waals surface area contributed by atoms with E-state index in [1.165, 1.54) is 11.9 Å². The minimum absolute atomic E-state index is 0.00591. The smallest absolute Gasteiger partial charge is 0.328 e. The molecular formula is C12H13Cl3N2O3. The van der Waals surface area contributed by atoms with E-state index in [0.717, 1.165) is 0 Å². The van der Waals surface area contributed by atoms with E-state index in [0.29, 0.717) is 5.56 Å². The highest BCUT2D eigenvalue weighted by Gasteiger charge is 2.23. The van der Waals surface area contributed by atoms with Crippen LogP contribution >= 0.6 is 34.8 Å². The standard InChI is InChI=1S/C12H13Cl3N2O3/c1-7(17(2)11(18)5-13)12(19)20-6-8-3-9(14)16-10(15)4-8/h3-4,7H,5-6H2,1-2H3/t7-/m0/s1. The van der Waals surface area contributed by atoms with Crippen LogP contribution in [0.1, 0.15) is 12.5 Å². The zero-order valence-corrected chi connectivity index (χ0v) is 13.2. The average Bonchev–Trinajstić information content (AvgIpc) is 2.41. The molecule has 0 bridgehead atoms. The zero-order chi connectivity index (χ0) is 15.3. The van der Waals surface area contributed by atoms with Crippen LogP contribution in [0.15, 0.2) is 12.1 Å². The van der Waals surface area contributed by atoms with Crippen LogP contribution in [-0.4, -0.2) is 40.7 Å². The van der Waals surface area contributed by atoms with Crippen molar-refractivity contribution in [2.24, 2.45) is 0 Å². The van der Waals surface area contributed by atoms with Gasteiger partial charge in [-0.15, -0.1) is 11.6 Å². The van der Waals surface area contributed by atoms with Crippen molar-refractivity contribution in [3.63, 3.8) is 0 Å². The van der Waals surface area contributed by atoms with Crippen LogP contribution in [0.3, 0.4) is 0 Å². The van der Waals surface area contributed by atoms with E-state index in [1.807, 2.05) is 0 Å². The number of pyridine rings is 1. The maximum Gasteiger partial charge on any atom is 0.328 e. The van der Waals surface area contributed by atoms with Crippen LogP contribution in [-0.2, 0) is 20.9 Å². The Labute approximate surface area is 131 Å². The molecule has 0 radical (unpaired) electrons. The quantitative estimate of drug-likeness (QED) is 0.470. The molecule has 20 heavy (non-hydrogen) atoms. The summed E-state index contributed by atoms with van der Waals surface area (Å²) in [6.07, 6.45) is 0. The molecule has 0 spiro atoms. The van der Waals surface area contributed by atoms with Crippen LogP contribution in [0.5, 0.6) is 0 Å². The first-order chi connectivity index (χ1) is 9.35. The highest BCUT2D eigenvalue weighted by atomic mass is 35.5. The second kappa shape index (κ2) is 7.67. The van der Waals surface area contributed by atoms with Crippen LogP contribution in [0, 0.1) is 0 Å². The minimum Gasteiger partial charge on any atom is -0.459 e. The lowest BCUT2D eigenvalue weighted by Gasteiger charge is -2.22. The van der Waals surface area contributed by atoms with E-state index >= 15 is 0 Å². The summed E-state index contributed by atoms with van der Waals surface area (Å²) in [5.74, 6) is -1.09. The topological polar surface area (TPSA) is 59.5 Å². The number of esters is 1. The van der Waals surface area contributed by atoms with Crippen LogP contribution < -0.4 is 0 Å². The second-order valence-electron chi connectivity index (χ2n) is 4.04. The van der Waals surface area contributed by atoms with Crippen LogP contribution in [0.25, 0.3) is 0 Å². The monoisotopic (exact) mass is 338 g/mol. The largest absolute Gasteiger partial charge is 0.459 e.